The average Bonchev–Trinajstić information content (AvgIpc) is 3.07. The molecule has 3 rings (SSSR count). The van der Waals surface area contributed by atoms with Gasteiger partial charge in [0.2, 0.25) is 0 Å². The van der Waals surface area contributed by atoms with E-state index in [0.717, 1.165) is 5.56 Å². The monoisotopic (exact) mass is 432 g/mol. The average molecular weight is 433 g/mol. The lowest BCUT2D eigenvalue weighted by molar-refractivity contribution is -0.0522. The lowest BCUT2D eigenvalue weighted by Crippen LogP contribution is -2.25. The van der Waals surface area contributed by atoms with Crippen LogP contribution in [-0.2, 0) is 19.0 Å². The molecule has 0 aromatic heterocycles. The largest absolute Gasteiger partial charge is 0.534 e. The number of alkyl halides is 3. The summed E-state index contributed by atoms with van der Waals surface area (Å²) in [6.07, 6.45) is -1.02. The number of halogens is 4. The third kappa shape index (κ3) is 4.34. The predicted molar refractivity (Wildman–Crippen MR) is 97.8 cm³/mol. The van der Waals surface area contributed by atoms with Gasteiger partial charge in [0.05, 0.1) is 6.10 Å². The van der Waals surface area contributed by atoms with Crippen LogP contribution in [0.25, 0.3) is 0 Å². The van der Waals surface area contributed by atoms with Crippen molar-refractivity contribution in [1.29, 1.82) is 0 Å². The van der Waals surface area contributed by atoms with Crippen LogP contribution >= 0.6 is 11.6 Å². The summed E-state index contributed by atoms with van der Waals surface area (Å²) in [6.45, 7) is 1.19. The van der Waals surface area contributed by atoms with E-state index in [4.69, 9.17) is 16.3 Å². The first kappa shape index (κ1) is 20.7. The van der Waals surface area contributed by atoms with E-state index in [9.17, 15) is 21.6 Å². The van der Waals surface area contributed by atoms with Gasteiger partial charge in [0, 0.05) is 17.0 Å². The molecule has 0 radical (unpaired) electrons. The second-order valence-corrected chi connectivity index (χ2v) is 8.21. The molecule has 0 saturated carbocycles. The van der Waals surface area contributed by atoms with Crippen molar-refractivity contribution in [3.8, 4) is 0 Å². The third-order valence-electron chi connectivity index (χ3n) is 4.34. The normalized spacial score (nSPS) is 22.2. The van der Waals surface area contributed by atoms with Gasteiger partial charge in [-0.25, -0.2) is 0 Å². The smallest absolute Gasteiger partial charge is 0.381 e. The number of hydrogen-bond donors (Lipinski definition) is 0. The third-order valence-corrected chi connectivity index (χ3v) is 5.62. The van der Waals surface area contributed by atoms with Gasteiger partial charge >= 0.3 is 15.6 Å². The minimum absolute atomic E-state index is 0.191. The second kappa shape index (κ2) is 7.77. The Bertz CT molecular complexity index is 970. The topological polar surface area (TPSA) is 52.6 Å². The maximum absolute atomic E-state index is 12.7. The van der Waals surface area contributed by atoms with Crippen molar-refractivity contribution in [3.63, 3.8) is 0 Å². The van der Waals surface area contributed by atoms with Crippen molar-refractivity contribution in [2.24, 2.45) is 0 Å². The van der Waals surface area contributed by atoms with Gasteiger partial charge in [0.1, 0.15) is 11.9 Å². The van der Waals surface area contributed by atoms with Gasteiger partial charge in [0.15, 0.2) is 0 Å². The summed E-state index contributed by atoms with van der Waals surface area (Å²) < 4.78 is 71.4. The highest BCUT2D eigenvalue weighted by Gasteiger charge is 2.49. The summed E-state index contributed by atoms with van der Waals surface area (Å²) in [4.78, 5) is 0. The van der Waals surface area contributed by atoms with Gasteiger partial charge in [-0.05, 0) is 30.2 Å². The van der Waals surface area contributed by atoms with E-state index in [1.807, 2.05) is 30.3 Å². The Labute approximate surface area is 165 Å². The molecule has 28 heavy (non-hydrogen) atoms. The number of benzene rings is 2. The molecule has 0 amide bonds. The minimum Gasteiger partial charge on any atom is -0.381 e. The summed E-state index contributed by atoms with van der Waals surface area (Å²) in [7, 11) is -5.76. The molecule has 1 fully saturated rings. The van der Waals surface area contributed by atoms with Gasteiger partial charge in [-0.1, -0.05) is 54.1 Å². The fraction of sp³-hybridized carbons (Fsp3) is 0.263. The number of ether oxygens (including phenoxy) is 1. The highest BCUT2D eigenvalue weighted by atomic mass is 35.5. The lowest BCUT2D eigenvalue weighted by atomic mass is 9.97. The molecule has 4 nitrogen and oxygen atoms in total. The molecule has 1 aliphatic rings. The Morgan fingerprint density at radius 3 is 2.25 bits per heavy atom. The molecule has 1 heterocycles. The molecular weight excluding hydrogens is 417 g/mol. The number of rotatable bonds is 4. The van der Waals surface area contributed by atoms with Crippen LogP contribution in [-0.4, -0.2) is 13.9 Å². The Kier molecular flexibility index (Phi) is 5.74. The van der Waals surface area contributed by atoms with Crippen LogP contribution in [0.1, 0.15) is 36.7 Å². The van der Waals surface area contributed by atoms with Crippen molar-refractivity contribution in [3.05, 3.63) is 82.1 Å². The van der Waals surface area contributed by atoms with Crippen LogP contribution < -0.4 is 0 Å². The molecule has 2 atom stereocenters. The summed E-state index contributed by atoms with van der Waals surface area (Å²) >= 11 is 5.90. The van der Waals surface area contributed by atoms with Gasteiger partial charge in [0.25, 0.3) is 0 Å². The molecular formula is C19H16ClF3O4S. The molecule has 2 unspecified atom stereocenters. The molecule has 2 aromatic rings. The van der Waals surface area contributed by atoms with Crippen LogP contribution in [0, 0.1) is 0 Å². The van der Waals surface area contributed by atoms with Crippen molar-refractivity contribution in [1.82, 2.24) is 0 Å². The Morgan fingerprint density at radius 2 is 1.68 bits per heavy atom. The molecule has 0 aliphatic carbocycles. The molecule has 2 aromatic carbocycles. The van der Waals surface area contributed by atoms with Gasteiger partial charge in [-0.2, -0.15) is 21.6 Å². The molecule has 0 spiro atoms. The summed E-state index contributed by atoms with van der Waals surface area (Å²) in [6, 6.07) is 15.7. The Hall–Kier alpha value is -2.03. The first-order valence-electron chi connectivity index (χ1n) is 8.25. The number of hydrogen-bond acceptors (Lipinski definition) is 4. The first-order chi connectivity index (χ1) is 13.1. The van der Waals surface area contributed by atoms with Crippen molar-refractivity contribution >= 4 is 21.7 Å². The van der Waals surface area contributed by atoms with E-state index < -0.39 is 27.8 Å². The lowest BCUT2D eigenvalue weighted by Gasteiger charge is -2.17. The van der Waals surface area contributed by atoms with E-state index in [1.54, 1.807) is 24.3 Å². The van der Waals surface area contributed by atoms with Crippen LogP contribution in [0.5, 0.6) is 0 Å². The summed E-state index contributed by atoms with van der Waals surface area (Å²) in [5.41, 5.74) is -3.74. The predicted octanol–water partition coefficient (Wildman–Crippen LogP) is 5.68. The van der Waals surface area contributed by atoms with Crippen LogP contribution in [0.15, 0.2) is 65.9 Å². The molecule has 1 aliphatic heterocycles. The van der Waals surface area contributed by atoms with Crippen LogP contribution in [0.4, 0.5) is 13.2 Å². The zero-order valence-electron chi connectivity index (χ0n) is 14.6. The zero-order chi connectivity index (χ0) is 20.5. The summed E-state index contributed by atoms with van der Waals surface area (Å²) in [5, 5.41) is 0.486. The molecule has 150 valence electrons. The quantitative estimate of drug-likeness (QED) is 0.354. The van der Waals surface area contributed by atoms with Crippen molar-refractivity contribution in [2.75, 3.05) is 0 Å². The van der Waals surface area contributed by atoms with E-state index in [2.05, 4.69) is 4.18 Å². The zero-order valence-corrected chi connectivity index (χ0v) is 16.2. The van der Waals surface area contributed by atoms with E-state index in [1.165, 1.54) is 6.92 Å². The molecule has 9 heteroatoms. The Balaban J connectivity index is 2.00. The number of allylic oxidation sites excluding steroid dienone is 1. The standard InChI is InChI=1S/C19H16ClF3O4S/c1-12(27-28(24,25)19(21,22)23)16-11-17(13-5-3-2-4-6-13)26-18(16)14-7-9-15(20)10-8-14/h2-10,17-18H,11H2,1H3. The van der Waals surface area contributed by atoms with E-state index in [0.29, 0.717) is 16.2 Å². The highest BCUT2D eigenvalue weighted by Crippen LogP contribution is 2.47. The molecule has 0 N–H and O–H groups in total. The minimum atomic E-state index is -5.76. The Morgan fingerprint density at radius 1 is 1.07 bits per heavy atom. The highest BCUT2D eigenvalue weighted by molar-refractivity contribution is 7.87. The molecule has 1 saturated heterocycles. The van der Waals surface area contributed by atoms with Crippen LogP contribution in [0.2, 0.25) is 5.02 Å². The van der Waals surface area contributed by atoms with Gasteiger partial charge < -0.3 is 8.92 Å². The SMILES string of the molecule is CC(OS(=O)(=O)C(F)(F)F)=C1CC(c2ccccc2)OC1c1ccc(Cl)cc1. The van der Waals surface area contributed by atoms with Gasteiger partial charge in [-0.3, -0.25) is 0 Å². The molecule has 0 bridgehead atoms. The maximum atomic E-state index is 12.7. The van der Waals surface area contributed by atoms with E-state index in [-0.39, 0.29) is 12.2 Å². The maximum Gasteiger partial charge on any atom is 0.534 e. The fourth-order valence-corrected chi connectivity index (χ4v) is 3.63. The second-order valence-electron chi connectivity index (χ2n) is 6.24. The van der Waals surface area contributed by atoms with Gasteiger partial charge in [-0.15, -0.1) is 0 Å². The van der Waals surface area contributed by atoms with E-state index >= 15 is 0 Å². The first-order valence-corrected chi connectivity index (χ1v) is 10.0. The fourth-order valence-electron chi connectivity index (χ4n) is 2.98. The van der Waals surface area contributed by atoms with Crippen molar-refractivity contribution < 1.29 is 30.5 Å². The van der Waals surface area contributed by atoms with Crippen molar-refractivity contribution in [2.45, 2.75) is 31.1 Å². The summed E-state index contributed by atoms with van der Waals surface area (Å²) in [5.74, 6) is -0.351. The van der Waals surface area contributed by atoms with Crippen LogP contribution in [0.3, 0.4) is 0 Å².